The lowest BCUT2D eigenvalue weighted by Crippen LogP contribution is -2.04. The van der Waals surface area contributed by atoms with Gasteiger partial charge in [-0.25, -0.2) is 9.97 Å². The van der Waals surface area contributed by atoms with Gasteiger partial charge in [-0.05, 0) is 84.2 Å². The molecule has 0 aliphatic carbocycles. The van der Waals surface area contributed by atoms with Gasteiger partial charge in [0.05, 0.1) is 22.2 Å². The summed E-state index contributed by atoms with van der Waals surface area (Å²) in [6.45, 7) is 0. The maximum atomic E-state index is 5.55. The van der Waals surface area contributed by atoms with E-state index < -0.39 is 0 Å². The summed E-state index contributed by atoms with van der Waals surface area (Å²) in [5.41, 5.74) is 5.13. The zero-order chi connectivity index (χ0) is 34.6. The first-order valence-electron chi connectivity index (χ1n) is 18.2. The molecule has 3 heteroatoms. The van der Waals surface area contributed by atoms with Crippen LogP contribution in [0.15, 0.2) is 176 Å². The third-order valence-corrected chi connectivity index (χ3v) is 11.3. The van der Waals surface area contributed by atoms with E-state index in [9.17, 15) is 0 Å². The summed E-state index contributed by atoms with van der Waals surface area (Å²) >= 11 is 0. The van der Waals surface area contributed by atoms with Crippen LogP contribution >= 0.6 is 0 Å². The lowest BCUT2D eigenvalue weighted by atomic mass is 9.91. The molecule has 0 N–H and O–H groups in total. The first-order valence-corrected chi connectivity index (χ1v) is 18.2. The van der Waals surface area contributed by atoms with Gasteiger partial charge in [0.2, 0.25) is 5.95 Å². The van der Waals surface area contributed by atoms with Crippen LogP contribution in [0, 0.1) is 0 Å². The Morgan fingerprint density at radius 2 is 0.868 bits per heavy atom. The van der Waals surface area contributed by atoms with Crippen molar-refractivity contribution in [2.45, 2.75) is 0 Å². The number of nitrogens with zero attached hydrogens (tertiary/aromatic N) is 3. The Balaban J connectivity index is 1.29. The van der Waals surface area contributed by atoms with E-state index in [0.29, 0.717) is 5.95 Å². The van der Waals surface area contributed by atoms with E-state index in [-0.39, 0.29) is 0 Å². The quantitative estimate of drug-likeness (QED) is 0.171. The predicted octanol–water partition coefficient (Wildman–Crippen LogP) is 13.3. The molecule has 0 saturated heterocycles. The Kier molecular flexibility index (Phi) is 5.77. The van der Waals surface area contributed by atoms with Crippen LogP contribution in [0.4, 0.5) is 0 Å². The topological polar surface area (TPSA) is 30.7 Å². The normalized spacial score (nSPS) is 12.2. The Morgan fingerprint density at radius 3 is 1.62 bits per heavy atom. The number of aromatic nitrogens is 3. The molecule has 12 aromatic rings. The molecular weight excluding hydrogens is 643 g/mol. The van der Waals surface area contributed by atoms with Crippen LogP contribution in [0.5, 0.6) is 0 Å². The Morgan fingerprint density at radius 1 is 0.321 bits per heavy atom. The highest BCUT2D eigenvalue weighted by Crippen LogP contribution is 2.44. The van der Waals surface area contributed by atoms with E-state index in [4.69, 9.17) is 9.97 Å². The summed E-state index contributed by atoms with van der Waals surface area (Å²) in [6, 6.07) is 63.7. The van der Waals surface area contributed by atoms with Crippen molar-refractivity contribution in [3.05, 3.63) is 176 Å². The van der Waals surface area contributed by atoms with E-state index in [2.05, 4.69) is 180 Å². The second-order valence-corrected chi connectivity index (χ2v) is 14.1. The van der Waals surface area contributed by atoms with Crippen LogP contribution in [0.25, 0.3) is 115 Å². The fourth-order valence-electron chi connectivity index (χ4n) is 8.91. The van der Waals surface area contributed by atoms with Crippen molar-refractivity contribution in [1.82, 2.24) is 14.5 Å². The molecule has 2 aromatic heterocycles. The first kappa shape index (κ1) is 28.6. The van der Waals surface area contributed by atoms with Gasteiger partial charge >= 0.3 is 0 Å². The molecule has 0 unspecified atom stereocenters. The summed E-state index contributed by atoms with van der Waals surface area (Å²) in [7, 11) is 0. The molecular formula is C50H29N3. The highest BCUT2D eigenvalue weighted by Gasteiger charge is 2.22. The van der Waals surface area contributed by atoms with Crippen LogP contribution in [0.3, 0.4) is 0 Å². The van der Waals surface area contributed by atoms with E-state index in [1.54, 1.807) is 0 Å². The monoisotopic (exact) mass is 671 g/mol. The van der Waals surface area contributed by atoms with Gasteiger partial charge in [0, 0.05) is 32.5 Å². The molecule has 0 fully saturated rings. The standard InChI is InChI=1S/C50H29N3/c1-2-13-32-27-35(22-21-30(32)11-1)48-42-24-23-31-12-5-6-16-36(31)49(42)52-50(51-48)53-44-26-25-41-39-19-8-7-17-37(39)38-18-9-10-20-40(38)46(41)47(44)43-28-33-14-3-4-15-34(33)29-45(43)53/h1-29H. The van der Waals surface area contributed by atoms with Crippen molar-refractivity contribution < 1.29 is 0 Å². The minimum atomic E-state index is 0.664. The second-order valence-electron chi connectivity index (χ2n) is 14.1. The molecule has 0 bridgehead atoms. The number of hydrogen-bond donors (Lipinski definition) is 0. The van der Waals surface area contributed by atoms with Gasteiger partial charge in [-0.2, -0.15) is 0 Å². The van der Waals surface area contributed by atoms with Crippen LogP contribution in [-0.2, 0) is 0 Å². The van der Waals surface area contributed by atoms with E-state index >= 15 is 0 Å². The lowest BCUT2D eigenvalue weighted by Gasteiger charge is -2.14. The number of fused-ring (bicyclic) bond motifs is 15. The van der Waals surface area contributed by atoms with Crippen molar-refractivity contribution in [3.8, 4) is 17.2 Å². The van der Waals surface area contributed by atoms with Gasteiger partial charge in [-0.1, -0.05) is 146 Å². The van der Waals surface area contributed by atoms with Crippen molar-refractivity contribution >= 4 is 97.3 Å². The van der Waals surface area contributed by atoms with Gasteiger partial charge in [-0.3, -0.25) is 4.57 Å². The van der Waals surface area contributed by atoms with Crippen LogP contribution < -0.4 is 0 Å². The molecule has 10 aromatic carbocycles. The molecule has 0 aliphatic heterocycles. The SMILES string of the molecule is c1ccc2cc(-c3nc(-n4c5cc6ccccc6cc5c5c6c7ccccc7c7ccccc7c6ccc54)nc4c3ccc3ccccc34)ccc2c1. The molecule has 2 heterocycles. The average molecular weight is 672 g/mol. The molecule has 0 radical (unpaired) electrons. The van der Waals surface area contributed by atoms with E-state index in [1.807, 2.05) is 0 Å². The highest BCUT2D eigenvalue weighted by molar-refractivity contribution is 6.35. The molecule has 53 heavy (non-hydrogen) atoms. The van der Waals surface area contributed by atoms with Gasteiger partial charge < -0.3 is 0 Å². The molecule has 0 amide bonds. The minimum absolute atomic E-state index is 0.664. The molecule has 0 saturated carbocycles. The van der Waals surface area contributed by atoms with E-state index in [0.717, 1.165) is 44.0 Å². The van der Waals surface area contributed by atoms with E-state index in [1.165, 1.54) is 64.6 Å². The van der Waals surface area contributed by atoms with Gasteiger partial charge in [0.25, 0.3) is 0 Å². The predicted molar refractivity (Wildman–Crippen MR) is 224 cm³/mol. The largest absolute Gasteiger partial charge is 0.278 e. The number of rotatable bonds is 2. The molecule has 0 atom stereocenters. The first-order chi connectivity index (χ1) is 26.3. The van der Waals surface area contributed by atoms with Crippen LogP contribution in [0.1, 0.15) is 0 Å². The average Bonchev–Trinajstić information content (AvgIpc) is 3.55. The Bertz CT molecular complexity index is 3480. The maximum Gasteiger partial charge on any atom is 0.235 e. The maximum absolute atomic E-state index is 5.55. The smallest absolute Gasteiger partial charge is 0.235 e. The van der Waals surface area contributed by atoms with Crippen LogP contribution in [0.2, 0.25) is 0 Å². The molecule has 3 nitrogen and oxygen atoms in total. The molecule has 12 rings (SSSR count). The van der Waals surface area contributed by atoms with Crippen molar-refractivity contribution in [2.75, 3.05) is 0 Å². The number of benzene rings is 10. The van der Waals surface area contributed by atoms with Crippen molar-refractivity contribution in [1.29, 1.82) is 0 Å². The summed E-state index contributed by atoms with van der Waals surface area (Å²) in [5.74, 6) is 0.664. The Hall–Kier alpha value is -7.10. The third kappa shape index (κ3) is 4.05. The van der Waals surface area contributed by atoms with Crippen molar-refractivity contribution in [3.63, 3.8) is 0 Å². The summed E-state index contributed by atoms with van der Waals surface area (Å²) in [6.07, 6.45) is 0. The summed E-state index contributed by atoms with van der Waals surface area (Å²) < 4.78 is 2.31. The molecule has 0 aliphatic rings. The van der Waals surface area contributed by atoms with Crippen molar-refractivity contribution in [2.24, 2.45) is 0 Å². The van der Waals surface area contributed by atoms with Gasteiger partial charge in [-0.15, -0.1) is 0 Å². The molecule has 0 spiro atoms. The molecule has 244 valence electrons. The minimum Gasteiger partial charge on any atom is -0.278 e. The third-order valence-electron chi connectivity index (χ3n) is 11.3. The summed E-state index contributed by atoms with van der Waals surface area (Å²) in [4.78, 5) is 11.1. The highest BCUT2D eigenvalue weighted by atomic mass is 15.2. The fraction of sp³-hybridized carbons (Fsp3) is 0. The second kappa shape index (κ2) is 10.7. The zero-order valence-electron chi connectivity index (χ0n) is 28.6. The summed E-state index contributed by atoms with van der Waals surface area (Å²) in [5, 5.41) is 18.1. The fourth-order valence-corrected chi connectivity index (χ4v) is 8.91. The van der Waals surface area contributed by atoms with Gasteiger partial charge in [0.1, 0.15) is 0 Å². The zero-order valence-corrected chi connectivity index (χ0v) is 28.6. The Labute approximate surface area is 304 Å². The van der Waals surface area contributed by atoms with Gasteiger partial charge in [0.15, 0.2) is 0 Å². The lowest BCUT2D eigenvalue weighted by molar-refractivity contribution is 1.02. The van der Waals surface area contributed by atoms with Crippen LogP contribution in [-0.4, -0.2) is 14.5 Å². The number of hydrogen-bond acceptors (Lipinski definition) is 2.